The van der Waals surface area contributed by atoms with Crippen molar-refractivity contribution in [2.24, 2.45) is 39.5 Å². The molecule has 1 heterocycles. The SMILES string of the molecule is NC(=O)[C@]1(CCCCN2CCCC2)[C@@H]2C=C[C@@H](C23CC3)[C@@]1(Cc1cccc(OC(F)F)c1)C(N)=O. The van der Waals surface area contributed by atoms with Gasteiger partial charge in [0.1, 0.15) is 5.75 Å². The predicted molar refractivity (Wildman–Crippen MR) is 127 cm³/mol. The van der Waals surface area contributed by atoms with Crippen LogP contribution in [0.5, 0.6) is 5.75 Å². The Morgan fingerprint density at radius 3 is 2.29 bits per heavy atom. The molecule has 1 saturated heterocycles. The van der Waals surface area contributed by atoms with Gasteiger partial charge in [-0.05, 0) is 99.5 Å². The quantitative estimate of drug-likeness (QED) is 0.368. The lowest BCUT2D eigenvalue weighted by molar-refractivity contribution is -0.151. The molecule has 1 aromatic rings. The Hall–Kier alpha value is -2.48. The lowest BCUT2D eigenvalue weighted by atomic mass is 9.53. The van der Waals surface area contributed by atoms with Gasteiger partial charge < -0.3 is 21.1 Å². The van der Waals surface area contributed by atoms with Crippen molar-refractivity contribution in [3.63, 3.8) is 0 Å². The summed E-state index contributed by atoms with van der Waals surface area (Å²) < 4.78 is 30.3. The zero-order valence-corrected chi connectivity index (χ0v) is 20.1. The van der Waals surface area contributed by atoms with Gasteiger partial charge in [-0.2, -0.15) is 8.78 Å². The largest absolute Gasteiger partial charge is 0.435 e. The Balaban J connectivity index is 1.50. The molecule has 0 radical (unpaired) electrons. The van der Waals surface area contributed by atoms with Crippen molar-refractivity contribution < 1.29 is 23.1 Å². The topological polar surface area (TPSA) is 98.7 Å². The third-order valence-corrected chi connectivity index (χ3v) is 9.40. The number of carbonyl (C=O) groups excluding carboxylic acids is 2. The molecule has 0 aromatic heterocycles. The number of allylic oxidation sites excluding steroid dienone is 2. The highest BCUT2D eigenvalue weighted by Crippen LogP contribution is 2.81. The molecule has 2 bridgehead atoms. The summed E-state index contributed by atoms with van der Waals surface area (Å²) in [6.07, 6.45) is 10.8. The summed E-state index contributed by atoms with van der Waals surface area (Å²) >= 11 is 0. The zero-order valence-electron chi connectivity index (χ0n) is 20.1. The Bertz CT molecular complexity index is 1020. The summed E-state index contributed by atoms with van der Waals surface area (Å²) in [5.74, 6) is -1.30. The normalized spacial score (nSPS) is 32.5. The van der Waals surface area contributed by atoms with Crippen LogP contribution in [0.3, 0.4) is 0 Å². The first-order valence-corrected chi connectivity index (χ1v) is 12.8. The molecule has 3 aliphatic carbocycles. The maximum Gasteiger partial charge on any atom is 0.387 e. The summed E-state index contributed by atoms with van der Waals surface area (Å²) in [6.45, 7) is 0.246. The molecule has 1 aliphatic heterocycles. The van der Waals surface area contributed by atoms with Gasteiger partial charge in [0.2, 0.25) is 11.8 Å². The summed E-state index contributed by atoms with van der Waals surface area (Å²) in [4.78, 5) is 29.4. The summed E-state index contributed by atoms with van der Waals surface area (Å²) in [7, 11) is 0. The lowest BCUT2D eigenvalue weighted by Gasteiger charge is -2.48. The number of amides is 2. The Kier molecular flexibility index (Phi) is 6.14. The Labute approximate surface area is 205 Å². The lowest BCUT2D eigenvalue weighted by Crippen LogP contribution is -2.60. The fraction of sp³-hybridized carbons (Fsp3) is 0.630. The van der Waals surface area contributed by atoms with Gasteiger partial charge in [-0.3, -0.25) is 9.59 Å². The Morgan fingerprint density at radius 2 is 1.69 bits per heavy atom. The minimum absolute atomic E-state index is 0.0206. The van der Waals surface area contributed by atoms with Crippen LogP contribution in [-0.2, 0) is 16.0 Å². The second-order valence-electron chi connectivity index (χ2n) is 11.0. The maximum atomic E-state index is 13.5. The predicted octanol–water partition coefficient (Wildman–Crippen LogP) is 3.64. The molecule has 190 valence electrons. The summed E-state index contributed by atoms with van der Waals surface area (Å²) in [6, 6.07) is 6.37. The number of halogens is 2. The molecule has 1 aromatic carbocycles. The maximum absolute atomic E-state index is 13.5. The number of unbranched alkanes of at least 4 members (excludes halogenated alkanes) is 1. The highest BCUT2D eigenvalue weighted by Gasteiger charge is 2.81. The van der Waals surface area contributed by atoms with Crippen LogP contribution in [0.4, 0.5) is 8.78 Å². The van der Waals surface area contributed by atoms with Crippen molar-refractivity contribution in [3.05, 3.63) is 42.0 Å². The average molecular weight is 488 g/mol. The van der Waals surface area contributed by atoms with E-state index in [1.54, 1.807) is 12.1 Å². The van der Waals surface area contributed by atoms with E-state index in [0.29, 0.717) is 12.0 Å². The number of primary amides is 2. The molecule has 1 spiro atoms. The molecule has 4 aliphatic rings. The van der Waals surface area contributed by atoms with Crippen molar-refractivity contribution in [2.75, 3.05) is 19.6 Å². The van der Waals surface area contributed by atoms with E-state index >= 15 is 0 Å². The van der Waals surface area contributed by atoms with Crippen LogP contribution in [0, 0.1) is 28.1 Å². The minimum Gasteiger partial charge on any atom is -0.435 e. The second kappa shape index (κ2) is 8.87. The van der Waals surface area contributed by atoms with E-state index in [1.165, 1.54) is 25.0 Å². The first-order chi connectivity index (χ1) is 16.8. The van der Waals surface area contributed by atoms with Crippen molar-refractivity contribution in [3.8, 4) is 5.75 Å². The number of hydrogen-bond acceptors (Lipinski definition) is 4. The fourth-order valence-corrected chi connectivity index (χ4v) is 7.93. The number of benzene rings is 1. The molecule has 6 nitrogen and oxygen atoms in total. The number of carbonyl (C=O) groups is 2. The molecule has 0 unspecified atom stereocenters. The van der Waals surface area contributed by atoms with Crippen molar-refractivity contribution in [1.82, 2.24) is 4.90 Å². The van der Waals surface area contributed by atoms with Gasteiger partial charge in [-0.15, -0.1) is 0 Å². The molecular formula is C27H35F2N3O3. The molecule has 4 atom stereocenters. The van der Waals surface area contributed by atoms with Crippen LogP contribution in [0.15, 0.2) is 36.4 Å². The standard InChI is InChI=1S/C27H35F2N3O3/c28-24(29)35-19-7-5-6-18(16-19)17-27(23(31)34)21-9-8-20(25(21)11-12-25)26(27,22(30)33)10-1-2-13-32-14-3-4-15-32/h5-9,16,20-21,24H,1-4,10-15,17H2,(H2,30,33)(H2,31,34)/t20-,21+,26+,27+/m1/s1. The van der Waals surface area contributed by atoms with E-state index in [1.807, 2.05) is 0 Å². The number of ether oxygens (including phenoxy) is 1. The number of likely N-dealkylation sites (tertiary alicyclic amines) is 1. The van der Waals surface area contributed by atoms with Crippen molar-refractivity contribution in [2.45, 2.75) is 58.0 Å². The molecule has 2 saturated carbocycles. The van der Waals surface area contributed by atoms with E-state index in [4.69, 9.17) is 11.5 Å². The number of hydrogen-bond donors (Lipinski definition) is 2. The fourth-order valence-electron chi connectivity index (χ4n) is 7.93. The molecule has 4 N–H and O–H groups in total. The second-order valence-corrected chi connectivity index (χ2v) is 11.0. The molecule has 35 heavy (non-hydrogen) atoms. The number of nitrogens with two attached hydrogens (primary N) is 2. The van der Waals surface area contributed by atoms with Gasteiger partial charge in [0.15, 0.2) is 0 Å². The van der Waals surface area contributed by atoms with Crippen LogP contribution in [0.25, 0.3) is 0 Å². The third-order valence-electron chi connectivity index (χ3n) is 9.40. The van der Waals surface area contributed by atoms with Crippen LogP contribution in [0.2, 0.25) is 0 Å². The molecular weight excluding hydrogens is 452 g/mol. The highest BCUT2D eigenvalue weighted by molar-refractivity contribution is 5.95. The van der Waals surface area contributed by atoms with Gasteiger partial charge in [0, 0.05) is 0 Å². The number of rotatable bonds is 11. The van der Waals surface area contributed by atoms with Gasteiger partial charge in [0.25, 0.3) is 0 Å². The van der Waals surface area contributed by atoms with E-state index in [2.05, 4.69) is 21.8 Å². The smallest absolute Gasteiger partial charge is 0.387 e. The molecule has 8 heteroatoms. The number of nitrogens with zero attached hydrogens (tertiary/aromatic N) is 1. The van der Waals surface area contributed by atoms with E-state index < -0.39 is 29.3 Å². The molecule has 3 fully saturated rings. The minimum atomic E-state index is -2.95. The van der Waals surface area contributed by atoms with E-state index in [0.717, 1.165) is 45.3 Å². The van der Waals surface area contributed by atoms with Gasteiger partial charge >= 0.3 is 6.61 Å². The number of alkyl halides is 2. The monoisotopic (exact) mass is 487 g/mol. The van der Waals surface area contributed by atoms with Gasteiger partial charge in [-0.1, -0.05) is 30.7 Å². The molecule has 2 amide bonds. The summed E-state index contributed by atoms with van der Waals surface area (Å²) in [5, 5.41) is 0. The van der Waals surface area contributed by atoms with E-state index in [-0.39, 0.29) is 29.4 Å². The first-order valence-electron chi connectivity index (χ1n) is 12.8. The summed E-state index contributed by atoms with van der Waals surface area (Å²) in [5.41, 5.74) is 10.6. The van der Waals surface area contributed by atoms with Crippen molar-refractivity contribution in [1.29, 1.82) is 0 Å². The van der Waals surface area contributed by atoms with E-state index in [9.17, 15) is 18.4 Å². The van der Waals surface area contributed by atoms with Crippen LogP contribution < -0.4 is 16.2 Å². The average Bonchev–Trinajstić information content (AvgIpc) is 3.17. The third kappa shape index (κ3) is 3.67. The van der Waals surface area contributed by atoms with Gasteiger partial charge in [0.05, 0.1) is 10.8 Å². The highest BCUT2D eigenvalue weighted by atomic mass is 19.3. The van der Waals surface area contributed by atoms with Crippen LogP contribution >= 0.6 is 0 Å². The molecule has 5 rings (SSSR count). The van der Waals surface area contributed by atoms with Gasteiger partial charge in [-0.25, -0.2) is 0 Å². The van der Waals surface area contributed by atoms with Crippen LogP contribution in [-0.4, -0.2) is 43.0 Å². The van der Waals surface area contributed by atoms with Crippen molar-refractivity contribution >= 4 is 11.8 Å². The Morgan fingerprint density at radius 1 is 1.03 bits per heavy atom. The zero-order chi connectivity index (χ0) is 24.8. The van der Waals surface area contributed by atoms with Crippen LogP contribution in [0.1, 0.15) is 50.5 Å². The first kappa shape index (κ1) is 24.2.